The molecule has 0 aliphatic heterocycles. The second-order valence-electron chi connectivity index (χ2n) is 20.2. The van der Waals surface area contributed by atoms with Crippen molar-refractivity contribution < 1.29 is 23.8 Å². The lowest BCUT2D eigenvalue weighted by atomic mass is 10.0. The zero-order valence-electron chi connectivity index (χ0n) is 47.7. The molecular weight excluding hydrogens is 885 g/mol. The number of hydrogen-bond acceptors (Lipinski definition) is 5. The average molecular weight is 1000 g/mol. The molecule has 0 aliphatic rings. The third-order valence-electron chi connectivity index (χ3n) is 13.1. The fraction of sp³-hybridized carbons (Fsp3) is 0.731. The van der Waals surface area contributed by atoms with Crippen molar-refractivity contribution in [1.29, 1.82) is 0 Å². The molecular formula is C67H116O5. The maximum atomic E-state index is 12.9. The van der Waals surface area contributed by atoms with Crippen LogP contribution in [0.4, 0.5) is 0 Å². The van der Waals surface area contributed by atoms with Gasteiger partial charge in [0.1, 0.15) is 6.61 Å². The largest absolute Gasteiger partial charge is 0.462 e. The molecule has 0 rings (SSSR count). The van der Waals surface area contributed by atoms with Gasteiger partial charge < -0.3 is 14.2 Å². The van der Waals surface area contributed by atoms with Crippen LogP contribution in [0.3, 0.4) is 0 Å². The third kappa shape index (κ3) is 59.4. The molecule has 1 atom stereocenters. The van der Waals surface area contributed by atoms with Gasteiger partial charge >= 0.3 is 11.9 Å². The monoisotopic (exact) mass is 1000 g/mol. The van der Waals surface area contributed by atoms with E-state index in [9.17, 15) is 9.59 Å². The summed E-state index contributed by atoms with van der Waals surface area (Å²) < 4.78 is 17.5. The number of carbonyl (C=O) groups is 2. The SMILES string of the molecule is CC/C=C\C/C=C\C/C=C\C/C=C\C/C=C\C/C=C\CCCOCC(COC(=O)CCCCCCCCCCCCCCCCCCCCC)OC(=O)CCCCCCCCC/C=C\C/C=C\CCCCC. The number of allylic oxidation sites excluding steroid dienone is 16. The first kappa shape index (κ1) is 68.8. The van der Waals surface area contributed by atoms with Crippen LogP contribution >= 0.6 is 0 Å². The van der Waals surface area contributed by atoms with E-state index in [2.05, 4.69) is 118 Å². The Kier molecular flexibility index (Phi) is 59.4. The predicted molar refractivity (Wildman–Crippen MR) is 316 cm³/mol. The third-order valence-corrected chi connectivity index (χ3v) is 13.1. The van der Waals surface area contributed by atoms with Gasteiger partial charge in [0.2, 0.25) is 0 Å². The van der Waals surface area contributed by atoms with Gasteiger partial charge in [0.05, 0.1) is 6.61 Å². The first-order valence-corrected chi connectivity index (χ1v) is 30.8. The van der Waals surface area contributed by atoms with Gasteiger partial charge in [-0.1, -0.05) is 279 Å². The van der Waals surface area contributed by atoms with Gasteiger partial charge in [-0.15, -0.1) is 0 Å². The molecule has 5 heteroatoms. The Hall–Kier alpha value is -3.18. The van der Waals surface area contributed by atoms with Crippen molar-refractivity contribution in [2.24, 2.45) is 0 Å². The summed E-state index contributed by atoms with van der Waals surface area (Å²) in [5.74, 6) is -0.430. The standard InChI is InChI=1S/C67H116O5/c1-4-7-10-13-16-19-22-25-28-31-33-35-38-41-44-47-50-53-56-59-62-70-63-65(72-67(69)61-58-55-52-49-46-43-40-36-30-27-24-21-18-15-12-9-6-3)64-71-66(68)60-57-54-51-48-45-42-39-37-34-32-29-26-23-20-17-14-11-8-5-2/h7,10,16,18-19,21,25,27-28,30,33,35,41,44,50,53,65H,4-6,8-9,11-15,17,20,22-24,26,29,31-32,34,36-40,42-43,45-49,51-52,54-64H2,1-3H3/b10-7-,19-16-,21-18-,28-25-,30-27-,35-33-,44-41-,53-50-. The Morgan fingerprint density at radius 3 is 1.03 bits per heavy atom. The summed E-state index contributed by atoms with van der Waals surface area (Å²) in [5, 5.41) is 0. The lowest BCUT2D eigenvalue weighted by Gasteiger charge is -2.18. The molecule has 0 radical (unpaired) electrons. The molecule has 5 nitrogen and oxygen atoms in total. The highest BCUT2D eigenvalue weighted by Gasteiger charge is 2.17. The van der Waals surface area contributed by atoms with Gasteiger partial charge in [0, 0.05) is 19.4 Å². The molecule has 0 spiro atoms. The lowest BCUT2D eigenvalue weighted by Crippen LogP contribution is -2.30. The number of unbranched alkanes of at least 4 members (excludes halogenated alkanes) is 29. The van der Waals surface area contributed by atoms with Crippen molar-refractivity contribution >= 4 is 11.9 Å². The van der Waals surface area contributed by atoms with Gasteiger partial charge in [0.15, 0.2) is 6.10 Å². The Balaban J connectivity index is 4.37. The summed E-state index contributed by atoms with van der Waals surface area (Å²) in [6, 6.07) is 0. The Labute approximate surface area is 447 Å². The molecule has 0 aromatic heterocycles. The molecule has 72 heavy (non-hydrogen) atoms. The van der Waals surface area contributed by atoms with Crippen LogP contribution in [0.5, 0.6) is 0 Å². The zero-order chi connectivity index (χ0) is 52.0. The van der Waals surface area contributed by atoms with Crippen LogP contribution in [0.2, 0.25) is 0 Å². The minimum atomic E-state index is -0.576. The van der Waals surface area contributed by atoms with E-state index in [1.807, 2.05) is 0 Å². The van der Waals surface area contributed by atoms with Crippen molar-refractivity contribution in [3.63, 3.8) is 0 Å². The molecule has 0 bridgehead atoms. The topological polar surface area (TPSA) is 61.8 Å². The van der Waals surface area contributed by atoms with E-state index < -0.39 is 6.10 Å². The highest BCUT2D eigenvalue weighted by molar-refractivity contribution is 5.70. The fourth-order valence-corrected chi connectivity index (χ4v) is 8.56. The van der Waals surface area contributed by atoms with Crippen LogP contribution in [-0.4, -0.2) is 37.9 Å². The fourth-order valence-electron chi connectivity index (χ4n) is 8.56. The molecule has 0 saturated heterocycles. The first-order chi connectivity index (χ1) is 35.6. The van der Waals surface area contributed by atoms with Gasteiger partial charge in [-0.05, 0) is 96.3 Å². The van der Waals surface area contributed by atoms with E-state index in [1.165, 1.54) is 167 Å². The van der Waals surface area contributed by atoms with E-state index in [4.69, 9.17) is 14.2 Å². The summed E-state index contributed by atoms with van der Waals surface area (Å²) in [7, 11) is 0. The molecule has 414 valence electrons. The van der Waals surface area contributed by atoms with Crippen LogP contribution in [0.15, 0.2) is 97.2 Å². The summed E-state index contributed by atoms with van der Waals surface area (Å²) in [4.78, 5) is 25.6. The number of carbonyl (C=O) groups excluding carboxylic acids is 2. The van der Waals surface area contributed by atoms with Crippen LogP contribution in [0, 0.1) is 0 Å². The minimum absolute atomic E-state index is 0.0573. The molecule has 0 saturated carbocycles. The van der Waals surface area contributed by atoms with E-state index in [0.29, 0.717) is 19.4 Å². The van der Waals surface area contributed by atoms with Crippen LogP contribution < -0.4 is 0 Å². The Morgan fingerprint density at radius 2 is 0.625 bits per heavy atom. The van der Waals surface area contributed by atoms with Crippen LogP contribution in [0.1, 0.15) is 290 Å². The smallest absolute Gasteiger partial charge is 0.306 e. The molecule has 0 heterocycles. The van der Waals surface area contributed by atoms with Crippen molar-refractivity contribution in [2.75, 3.05) is 19.8 Å². The highest BCUT2D eigenvalue weighted by atomic mass is 16.6. The van der Waals surface area contributed by atoms with Gasteiger partial charge in [0.25, 0.3) is 0 Å². The Morgan fingerprint density at radius 1 is 0.319 bits per heavy atom. The van der Waals surface area contributed by atoms with Crippen molar-refractivity contribution in [3.05, 3.63) is 97.2 Å². The summed E-state index contributed by atoms with van der Waals surface area (Å²) in [6.07, 6.45) is 84.5. The Bertz CT molecular complexity index is 1360. The maximum absolute atomic E-state index is 12.9. The second kappa shape index (κ2) is 62.1. The van der Waals surface area contributed by atoms with E-state index in [0.717, 1.165) is 89.9 Å². The van der Waals surface area contributed by atoms with E-state index in [1.54, 1.807) is 0 Å². The normalized spacial score (nSPS) is 12.9. The molecule has 1 unspecified atom stereocenters. The maximum Gasteiger partial charge on any atom is 0.306 e. The van der Waals surface area contributed by atoms with E-state index in [-0.39, 0.29) is 25.2 Å². The molecule has 0 aliphatic carbocycles. The molecule has 0 amide bonds. The van der Waals surface area contributed by atoms with Crippen molar-refractivity contribution in [3.8, 4) is 0 Å². The summed E-state index contributed by atoms with van der Waals surface area (Å²) in [5.41, 5.74) is 0. The van der Waals surface area contributed by atoms with Crippen LogP contribution in [0.25, 0.3) is 0 Å². The van der Waals surface area contributed by atoms with Crippen molar-refractivity contribution in [2.45, 2.75) is 297 Å². The second-order valence-corrected chi connectivity index (χ2v) is 20.2. The first-order valence-electron chi connectivity index (χ1n) is 30.8. The number of rotatable bonds is 56. The average Bonchev–Trinajstić information content (AvgIpc) is 3.38. The zero-order valence-corrected chi connectivity index (χ0v) is 47.7. The van der Waals surface area contributed by atoms with Gasteiger partial charge in [-0.3, -0.25) is 9.59 Å². The molecule has 0 aromatic rings. The van der Waals surface area contributed by atoms with Gasteiger partial charge in [-0.25, -0.2) is 0 Å². The predicted octanol–water partition coefficient (Wildman–Crippen LogP) is 21.4. The minimum Gasteiger partial charge on any atom is -0.462 e. The lowest BCUT2D eigenvalue weighted by molar-refractivity contribution is -0.163. The molecule has 0 fully saturated rings. The van der Waals surface area contributed by atoms with E-state index >= 15 is 0 Å². The van der Waals surface area contributed by atoms with Crippen molar-refractivity contribution in [1.82, 2.24) is 0 Å². The number of esters is 2. The summed E-state index contributed by atoms with van der Waals surface area (Å²) in [6.45, 7) is 7.57. The number of ether oxygens (including phenoxy) is 3. The molecule has 0 aromatic carbocycles. The van der Waals surface area contributed by atoms with Gasteiger partial charge in [-0.2, -0.15) is 0 Å². The highest BCUT2D eigenvalue weighted by Crippen LogP contribution is 2.16. The molecule has 0 N–H and O–H groups in total. The quantitative estimate of drug-likeness (QED) is 0.0345. The number of hydrogen-bond donors (Lipinski definition) is 0. The van der Waals surface area contributed by atoms with Crippen LogP contribution in [-0.2, 0) is 23.8 Å². The summed E-state index contributed by atoms with van der Waals surface area (Å²) >= 11 is 0.